The van der Waals surface area contributed by atoms with E-state index in [9.17, 15) is 0 Å². The lowest BCUT2D eigenvalue weighted by Gasteiger charge is -2.17. The number of benzene rings is 2. The first-order chi connectivity index (χ1) is 9.47. The van der Waals surface area contributed by atoms with E-state index in [0.717, 1.165) is 17.1 Å². The van der Waals surface area contributed by atoms with E-state index in [1.165, 1.54) is 11.1 Å². The van der Waals surface area contributed by atoms with Crippen LogP contribution in [-0.2, 0) is 0 Å². The summed E-state index contributed by atoms with van der Waals surface area (Å²) in [6, 6.07) is 12.1. The number of hydrogen-bond donors (Lipinski definition) is 2. The molecule has 2 aromatic carbocycles. The van der Waals surface area contributed by atoms with Gasteiger partial charge in [0.05, 0.1) is 17.5 Å². The van der Waals surface area contributed by atoms with Crippen LogP contribution in [0.2, 0.25) is 0 Å². The highest BCUT2D eigenvalue weighted by Crippen LogP contribution is 2.33. The van der Waals surface area contributed by atoms with Gasteiger partial charge in [0.15, 0.2) is 0 Å². The third-order valence-electron chi connectivity index (χ3n) is 3.08. The van der Waals surface area contributed by atoms with Gasteiger partial charge in [-0.1, -0.05) is 23.8 Å². The summed E-state index contributed by atoms with van der Waals surface area (Å²) < 4.78 is 5.71. The van der Waals surface area contributed by atoms with Crippen molar-refractivity contribution in [1.82, 2.24) is 0 Å². The molecule has 0 amide bonds. The molecular formula is C17H22N2O. The molecular weight excluding hydrogens is 248 g/mol. The molecule has 0 aliphatic carbocycles. The molecule has 0 bridgehead atoms. The van der Waals surface area contributed by atoms with E-state index in [-0.39, 0.29) is 6.10 Å². The van der Waals surface area contributed by atoms with Gasteiger partial charge in [0.25, 0.3) is 0 Å². The van der Waals surface area contributed by atoms with Gasteiger partial charge >= 0.3 is 0 Å². The second-order valence-electron chi connectivity index (χ2n) is 5.33. The van der Waals surface area contributed by atoms with Crippen molar-refractivity contribution < 1.29 is 4.74 Å². The summed E-state index contributed by atoms with van der Waals surface area (Å²) in [5.41, 5.74) is 11.2. The molecule has 0 saturated carbocycles. The zero-order chi connectivity index (χ0) is 14.7. The van der Waals surface area contributed by atoms with E-state index in [2.05, 4.69) is 37.4 Å². The van der Waals surface area contributed by atoms with Crippen LogP contribution < -0.4 is 15.8 Å². The Kier molecular flexibility index (Phi) is 4.18. The molecule has 0 spiro atoms. The van der Waals surface area contributed by atoms with Crippen LogP contribution in [0.4, 0.5) is 17.1 Å². The van der Waals surface area contributed by atoms with Gasteiger partial charge in [0, 0.05) is 5.69 Å². The summed E-state index contributed by atoms with van der Waals surface area (Å²) in [6.07, 6.45) is 0.105. The predicted octanol–water partition coefficient (Wildman–Crippen LogP) is 4.42. The summed E-state index contributed by atoms with van der Waals surface area (Å²) in [4.78, 5) is 0. The molecule has 2 rings (SSSR count). The van der Waals surface area contributed by atoms with Crippen molar-refractivity contribution in [2.75, 3.05) is 11.1 Å². The van der Waals surface area contributed by atoms with Crippen molar-refractivity contribution in [1.29, 1.82) is 0 Å². The Morgan fingerprint density at radius 2 is 1.80 bits per heavy atom. The third-order valence-corrected chi connectivity index (χ3v) is 3.08. The van der Waals surface area contributed by atoms with Gasteiger partial charge in [-0.05, 0) is 51.5 Å². The van der Waals surface area contributed by atoms with Crippen LogP contribution in [0.1, 0.15) is 25.0 Å². The van der Waals surface area contributed by atoms with Crippen LogP contribution in [-0.4, -0.2) is 6.10 Å². The minimum absolute atomic E-state index is 0.105. The Bertz CT molecular complexity index is 606. The zero-order valence-electron chi connectivity index (χ0n) is 12.5. The zero-order valence-corrected chi connectivity index (χ0v) is 12.5. The van der Waals surface area contributed by atoms with Crippen LogP contribution in [0, 0.1) is 13.8 Å². The molecule has 3 N–H and O–H groups in total. The molecule has 2 aromatic rings. The average molecular weight is 270 g/mol. The number of nitrogens with one attached hydrogen (secondary N) is 1. The van der Waals surface area contributed by atoms with Gasteiger partial charge in [-0.25, -0.2) is 0 Å². The summed E-state index contributed by atoms with van der Waals surface area (Å²) in [6.45, 7) is 8.15. The van der Waals surface area contributed by atoms with E-state index in [1.54, 1.807) is 0 Å². The van der Waals surface area contributed by atoms with E-state index in [4.69, 9.17) is 10.5 Å². The molecule has 0 aliphatic rings. The van der Waals surface area contributed by atoms with Crippen molar-refractivity contribution in [2.24, 2.45) is 0 Å². The minimum atomic E-state index is 0.105. The largest absolute Gasteiger partial charge is 0.489 e. The lowest BCUT2D eigenvalue weighted by atomic mass is 10.1. The highest BCUT2D eigenvalue weighted by molar-refractivity contribution is 5.78. The molecule has 0 heterocycles. The standard InChI is InChI=1S/C17H22N2O/c1-11(2)20-16-7-5-6-15(17(16)18)19-14-9-8-12(3)10-13(14)4/h5-11,19H,18H2,1-4H3. The highest BCUT2D eigenvalue weighted by atomic mass is 16.5. The van der Waals surface area contributed by atoms with E-state index in [1.807, 2.05) is 32.0 Å². The Hall–Kier alpha value is -2.16. The molecule has 0 aliphatic heterocycles. The molecule has 3 nitrogen and oxygen atoms in total. The van der Waals surface area contributed by atoms with Gasteiger partial charge in [0.2, 0.25) is 0 Å². The number of anilines is 3. The topological polar surface area (TPSA) is 47.3 Å². The maximum absolute atomic E-state index is 6.17. The summed E-state index contributed by atoms with van der Waals surface area (Å²) in [5, 5.41) is 3.38. The number of nitrogens with two attached hydrogens (primary N) is 1. The summed E-state index contributed by atoms with van der Waals surface area (Å²) in [5.74, 6) is 0.717. The van der Waals surface area contributed by atoms with Gasteiger partial charge in [0.1, 0.15) is 5.75 Å². The van der Waals surface area contributed by atoms with Crippen LogP contribution in [0.15, 0.2) is 36.4 Å². The van der Waals surface area contributed by atoms with Crippen molar-refractivity contribution in [3.8, 4) is 5.75 Å². The van der Waals surface area contributed by atoms with Gasteiger partial charge < -0.3 is 15.8 Å². The normalized spacial score (nSPS) is 10.7. The lowest BCUT2D eigenvalue weighted by molar-refractivity contribution is 0.244. The molecule has 0 radical (unpaired) electrons. The number of nitrogen functional groups attached to an aromatic ring is 1. The van der Waals surface area contributed by atoms with E-state index >= 15 is 0 Å². The fourth-order valence-corrected chi connectivity index (χ4v) is 2.11. The third kappa shape index (κ3) is 3.23. The Balaban J connectivity index is 2.29. The molecule has 106 valence electrons. The Morgan fingerprint density at radius 1 is 1.05 bits per heavy atom. The summed E-state index contributed by atoms with van der Waals surface area (Å²) >= 11 is 0. The minimum Gasteiger partial charge on any atom is -0.489 e. The van der Waals surface area contributed by atoms with Gasteiger partial charge in [-0.2, -0.15) is 0 Å². The first-order valence-corrected chi connectivity index (χ1v) is 6.87. The first-order valence-electron chi connectivity index (χ1n) is 6.87. The van der Waals surface area contributed by atoms with E-state index < -0.39 is 0 Å². The van der Waals surface area contributed by atoms with Gasteiger partial charge in [-0.15, -0.1) is 0 Å². The molecule has 0 fully saturated rings. The van der Waals surface area contributed by atoms with Gasteiger partial charge in [-0.3, -0.25) is 0 Å². The summed E-state index contributed by atoms with van der Waals surface area (Å²) in [7, 11) is 0. The number of rotatable bonds is 4. The maximum Gasteiger partial charge on any atom is 0.144 e. The first kappa shape index (κ1) is 14.3. The number of ether oxygens (including phenoxy) is 1. The Morgan fingerprint density at radius 3 is 2.45 bits per heavy atom. The van der Waals surface area contributed by atoms with Crippen molar-refractivity contribution in [3.63, 3.8) is 0 Å². The molecule has 0 unspecified atom stereocenters. The number of hydrogen-bond acceptors (Lipinski definition) is 3. The quantitative estimate of drug-likeness (QED) is 0.809. The Labute approximate surface area is 120 Å². The fraction of sp³-hybridized carbons (Fsp3) is 0.294. The predicted molar refractivity (Wildman–Crippen MR) is 85.8 cm³/mol. The number of aryl methyl sites for hydroxylation is 2. The lowest BCUT2D eigenvalue weighted by Crippen LogP contribution is -2.08. The molecule has 20 heavy (non-hydrogen) atoms. The molecule has 0 saturated heterocycles. The molecule has 0 atom stereocenters. The number of para-hydroxylation sites is 1. The SMILES string of the molecule is Cc1ccc(Nc2cccc(OC(C)C)c2N)c(C)c1. The van der Waals surface area contributed by atoms with Crippen molar-refractivity contribution in [2.45, 2.75) is 33.8 Å². The molecule has 3 heteroatoms. The van der Waals surface area contributed by atoms with Crippen LogP contribution in [0.3, 0.4) is 0 Å². The second-order valence-corrected chi connectivity index (χ2v) is 5.33. The van der Waals surface area contributed by atoms with Crippen molar-refractivity contribution in [3.05, 3.63) is 47.5 Å². The average Bonchev–Trinajstić information content (AvgIpc) is 2.36. The van der Waals surface area contributed by atoms with Crippen LogP contribution in [0.25, 0.3) is 0 Å². The maximum atomic E-state index is 6.17. The van der Waals surface area contributed by atoms with Crippen LogP contribution >= 0.6 is 0 Å². The fourth-order valence-electron chi connectivity index (χ4n) is 2.11. The molecule has 0 aromatic heterocycles. The van der Waals surface area contributed by atoms with E-state index in [0.29, 0.717) is 5.69 Å². The second kappa shape index (κ2) is 5.87. The smallest absolute Gasteiger partial charge is 0.144 e. The van der Waals surface area contributed by atoms with Crippen LogP contribution in [0.5, 0.6) is 5.75 Å². The van der Waals surface area contributed by atoms with Crippen molar-refractivity contribution >= 4 is 17.1 Å². The highest BCUT2D eigenvalue weighted by Gasteiger charge is 2.08. The monoisotopic (exact) mass is 270 g/mol.